The number of nitrogens with one attached hydrogen (secondary N) is 1. The Morgan fingerprint density at radius 3 is 2.72 bits per heavy atom. The molecule has 1 saturated carbocycles. The maximum atomic E-state index is 13.4. The van der Waals surface area contributed by atoms with Gasteiger partial charge in [0.15, 0.2) is 0 Å². The summed E-state index contributed by atoms with van der Waals surface area (Å²) in [6, 6.07) is 5.01. The highest BCUT2D eigenvalue weighted by Gasteiger charge is 2.33. The van der Waals surface area contributed by atoms with Crippen LogP contribution in [-0.4, -0.2) is 13.1 Å². The van der Waals surface area contributed by atoms with Gasteiger partial charge in [-0.25, -0.2) is 4.39 Å². The van der Waals surface area contributed by atoms with Gasteiger partial charge in [-0.1, -0.05) is 35.7 Å². The lowest BCUT2D eigenvalue weighted by Gasteiger charge is -2.30. The average molecular weight is 314 g/mol. The second-order valence-electron chi connectivity index (χ2n) is 5.40. The number of halogens is 2. The Morgan fingerprint density at radius 1 is 1.33 bits per heavy atom. The zero-order chi connectivity index (χ0) is 13.0. The molecule has 0 aliphatic heterocycles. The molecule has 1 aliphatic carbocycles. The summed E-state index contributed by atoms with van der Waals surface area (Å²) in [6.07, 6.45) is 6.08. The van der Waals surface area contributed by atoms with Crippen molar-refractivity contribution in [2.75, 3.05) is 13.1 Å². The Labute approximate surface area is 117 Å². The molecule has 0 spiro atoms. The summed E-state index contributed by atoms with van der Waals surface area (Å²) in [5.41, 5.74) is 1.43. The molecule has 0 saturated heterocycles. The van der Waals surface area contributed by atoms with Crippen molar-refractivity contribution >= 4 is 15.9 Å². The van der Waals surface area contributed by atoms with Crippen LogP contribution in [0.1, 0.15) is 38.2 Å². The molecule has 0 radical (unpaired) electrons. The Bertz CT molecular complexity index is 399. The van der Waals surface area contributed by atoms with Gasteiger partial charge in [0.05, 0.1) is 0 Å². The minimum Gasteiger partial charge on any atom is -0.316 e. The maximum Gasteiger partial charge on any atom is 0.123 e. The summed E-state index contributed by atoms with van der Waals surface area (Å²) in [5.74, 6) is -0.134. The van der Waals surface area contributed by atoms with Gasteiger partial charge in [-0.05, 0) is 55.0 Å². The summed E-state index contributed by atoms with van der Waals surface area (Å²) in [7, 11) is 0. The SMILES string of the molecule is CCNCC1(Cc2cc(F)ccc2Br)CCCC1. The molecule has 0 aromatic heterocycles. The second-order valence-corrected chi connectivity index (χ2v) is 6.25. The summed E-state index contributed by atoms with van der Waals surface area (Å²) in [4.78, 5) is 0. The number of benzene rings is 1. The van der Waals surface area contributed by atoms with E-state index in [0.717, 1.165) is 29.5 Å². The lowest BCUT2D eigenvalue weighted by molar-refractivity contribution is 0.279. The highest BCUT2D eigenvalue weighted by molar-refractivity contribution is 9.10. The molecule has 0 bridgehead atoms. The van der Waals surface area contributed by atoms with E-state index in [9.17, 15) is 4.39 Å². The molecule has 1 fully saturated rings. The minimum atomic E-state index is -0.134. The van der Waals surface area contributed by atoms with Crippen LogP contribution >= 0.6 is 15.9 Å². The normalized spacial score (nSPS) is 18.2. The molecular formula is C15H21BrFN. The zero-order valence-electron chi connectivity index (χ0n) is 10.9. The molecule has 100 valence electrons. The van der Waals surface area contributed by atoms with Crippen LogP contribution in [0.15, 0.2) is 22.7 Å². The van der Waals surface area contributed by atoms with Crippen molar-refractivity contribution in [1.29, 1.82) is 0 Å². The zero-order valence-corrected chi connectivity index (χ0v) is 12.5. The predicted molar refractivity (Wildman–Crippen MR) is 77.2 cm³/mol. The first kappa shape index (κ1) is 14.0. The van der Waals surface area contributed by atoms with Gasteiger partial charge >= 0.3 is 0 Å². The van der Waals surface area contributed by atoms with Crippen LogP contribution in [-0.2, 0) is 6.42 Å². The van der Waals surface area contributed by atoms with E-state index >= 15 is 0 Å². The molecule has 2 rings (SSSR count). The minimum absolute atomic E-state index is 0.134. The summed E-state index contributed by atoms with van der Waals surface area (Å²) in [5, 5.41) is 3.48. The molecule has 0 unspecified atom stereocenters. The van der Waals surface area contributed by atoms with Crippen LogP contribution in [0.2, 0.25) is 0 Å². The first-order valence-corrected chi connectivity index (χ1v) is 7.59. The maximum absolute atomic E-state index is 13.4. The third kappa shape index (κ3) is 3.33. The van der Waals surface area contributed by atoms with Crippen molar-refractivity contribution in [2.24, 2.45) is 5.41 Å². The lowest BCUT2D eigenvalue weighted by atomic mass is 9.80. The highest BCUT2D eigenvalue weighted by atomic mass is 79.9. The van der Waals surface area contributed by atoms with E-state index in [2.05, 4.69) is 28.2 Å². The van der Waals surface area contributed by atoms with Crippen LogP contribution in [0.4, 0.5) is 4.39 Å². The van der Waals surface area contributed by atoms with Crippen molar-refractivity contribution in [3.8, 4) is 0 Å². The molecule has 1 aliphatic rings. The van der Waals surface area contributed by atoms with Crippen LogP contribution < -0.4 is 5.32 Å². The monoisotopic (exact) mass is 313 g/mol. The van der Waals surface area contributed by atoms with Crippen molar-refractivity contribution in [3.05, 3.63) is 34.1 Å². The summed E-state index contributed by atoms with van der Waals surface area (Å²) < 4.78 is 14.4. The van der Waals surface area contributed by atoms with E-state index in [1.54, 1.807) is 6.07 Å². The molecule has 3 heteroatoms. The molecule has 0 amide bonds. The predicted octanol–water partition coefficient (Wildman–Crippen LogP) is 4.30. The van der Waals surface area contributed by atoms with Crippen molar-refractivity contribution < 1.29 is 4.39 Å². The van der Waals surface area contributed by atoms with Crippen molar-refractivity contribution in [1.82, 2.24) is 5.32 Å². The molecule has 1 aromatic carbocycles. The van der Waals surface area contributed by atoms with E-state index in [-0.39, 0.29) is 5.82 Å². The molecule has 0 heterocycles. The van der Waals surface area contributed by atoms with Gasteiger partial charge in [0, 0.05) is 11.0 Å². The van der Waals surface area contributed by atoms with E-state index in [1.807, 2.05) is 6.07 Å². The van der Waals surface area contributed by atoms with Gasteiger partial charge in [0.2, 0.25) is 0 Å². The number of hydrogen-bond donors (Lipinski definition) is 1. The first-order valence-electron chi connectivity index (χ1n) is 6.80. The Balaban J connectivity index is 2.15. The molecule has 1 aromatic rings. The fraction of sp³-hybridized carbons (Fsp3) is 0.600. The highest BCUT2D eigenvalue weighted by Crippen LogP contribution is 2.41. The standard InChI is InChI=1S/C15H21BrFN/c1-2-18-11-15(7-3-4-8-15)10-12-9-13(17)5-6-14(12)16/h5-6,9,18H,2-4,7-8,10-11H2,1H3. The number of rotatable bonds is 5. The van der Waals surface area contributed by atoms with Crippen LogP contribution in [0, 0.1) is 11.2 Å². The van der Waals surface area contributed by atoms with E-state index in [1.165, 1.54) is 31.7 Å². The summed E-state index contributed by atoms with van der Waals surface area (Å²) in [6.45, 7) is 4.19. The molecule has 0 atom stereocenters. The molecule has 18 heavy (non-hydrogen) atoms. The topological polar surface area (TPSA) is 12.0 Å². The fourth-order valence-electron chi connectivity index (χ4n) is 3.01. The van der Waals surface area contributed by atoms with Crippen LogP contribution in [0.5, 0.6) is 0 Å². The Morgan fingerprint density at radius 2 is 2.06 bits per heavy atom. The van der Waals surface area contributed by atoms with E-state index in [0.29, 0.717) is 5.41 Å². The van der Waals surface area contributed by atoms with Crippen LogP contribution in [0.3, 0.4) is 0 Å². The van der Waals surface area contributed by atoms with Gasteiger partial charge in [0.1, 0.15) is 5.82 Å². The third-order valence-electron chi connectivity index (χ3n) is 3.99. The smallest absolute Gasteiger partial charge is 0.123 e. The van der Waals surface area contributed by atoms with Gasteiger partial charge in [-0.3, -0.25) is 0 Å². The molecule has 1 N–H and O–H groups in total. The number of hydrogen-bond acceptors (Lipinski definition) is 1. The first-order chi connectivity index (χ1) is 8.65. The average Bonchev–Trinajstić information content (AvgIpc) is 2.80. The fourth-order valence-corrected chi connectivity index (χ4v) is 3.40. The van der Waals surface area contributed by atoms with Gasteiger partial charge in [0.25, 0.3) is 0 Å². The van der Waals surface area contributed by atoms with Gasteiger partial charge in [-0.2, -0.15) is 0 Å². The van der Waals surface area contributed by atoms with Crippen molar-refractivity contribution in [3.63, 3.8) is 0 Å². The summed E-state index contributed by atoms with van der Waals surface area (Å²) >= 11 is 3.54. The Kier molecular flexibility index (Phi) is 4.79. The van der Waals surface area contributed by atoms with Crippen LogP contribution in [0.25, 0.3) is 0 Å². The quantitative estimate of drug-likeness (QED) is 0.854. The van der Waals surface area contributed by atoms with Gasteiger partial charge in [-0.15, -0.1) is 0 Å². The molecule has 1 nitrogen and oxygen atoms in total. The molecular weight excluding hydrogens is 293 g/mol. The lowest BCUT2D eigenvalue weighted by Crippen LogP contribution is -2.34. The second kappa shape index (κ2) is 6.16. The third-order valence-corrected chi connectivity index (χ3v) is 4.76. The largest absolute Gasteiger partial charge is 0.316 e. The van der Waals surface area contributed by atoms with E-state index in [4.69, 9.17) is 0 Å². The van der Waals surface area contributed by atoms with Gasteiger partial charge < -0.3 is 5.32 Å². The Hall–Kier alpha value is -0.410. The van der Waals surface area contributed by atoms with Crippen molar-refractivity contribution in [2.45, 2.75) is 39.0 Å². The van der Waals surface area contributed by atoms with E-state index < -0.39 is 0 Å².